The fraction of sp³-hybridized carbons (Fsp3) is 0.101. The van der Waals surface area contributed by atoms with Crippen molar-refractivity contribution >= 4 is 57.2 Å². The molecule has 3 nitrogen and oxygen atoms in total. The molecule has 0 amide bonds. The van der Waals surface area contributed by atoms with Crippen LogP contribution in [0.2, 0.25) is 0 Å². The third kappa shape index (κ3) is 9.64. The van der Waals surface area contributed by atoms with E-state index in [2.05, 4.69) is 330 Å². The molecule has 2 aliphatic rings. The lowest BCUT2D eigenvalue weighted by Gasteiger charge is -2.44. The Morgan fingerprint density at radius 2 is 0.554 bits per heavy atom. The van der Waals surface area contributed by atoms with Crippen molar-refractivity contribution in [2.24, 2.45) is 0 Å². The summed E-state index contributed by atoms with van der Waals surface area (Å²) in [5.74, 6) is 0. The van der Waals surface area contributed by atoms with Gasteiger partial charge < -0.3 is 9.80 Å². The van der Waals surface area contributed by atoms with E-state index < -0.39 is 0 Å². The van der Waals surface area contributed by atoms with Gasteiger partial charge >= 0.3 is 0 Å². The van der Waals surface area contributed by atoms with Crippen LogP contribution in [0.15, 0.2) is 279 Å². The van der Waals surface area contributed by atoms with Gasteiger partial charge in [0.05, 0.1) is 11.4 Å². The molecule has 0 N–H and O–H groups in total. The predicted octanol–water partition coefficient (Wildman–Crippen LogP) is 19.4. The molecule has 0 unspecified atom stereocenters. The number of anilines is 6. The average Bonchev–Trinajstić information content (AvgIpc) is 1.41. The molecule has 398 valence electrons. The van der Waals surface area contributed by atoms with Gasteiger partial charge in [0.15, 0.2) is 0 Å². The van der Waals surface area contributed by atoms with Crippen molar-refractivity contribution in [2.75, 3.05) is 9.80 Å². The van der Waals surface area contributed by atoms with E-state index in [0.717, 1.165) is 89.8 Å². The van der Waals surface area contributed by atoms with E-state index in [-0.39, 0.29) is 17.5 Å². The lowest BCUT2D eigenvalue weighted by atomic mass is 9.33. The smallest absolute Gasteiger partial charge is 0.252 e. The van der Waals surface area contributed by atoms with Gasteiger partial charge in [0.1, 0.15) is 0 Å². The Labute approximate surface area is 490 Å². The molecule has 0 spiro atoms. The summed E-state index contributed by atoms with van der Waals surface area (Å²) in [7, 11) is 0. The number of nitrogens with zero attached hydrogens (tertiary/aromatic N) is 3. The maximum absolute atomic E-state index is 5.92. The summed E-state index contributed by atoms with van der Waals surface area (Å²) < 4.78 is 0. The first kappa shape index (κ1) is 51.4. The van der Waals surface area contributed by atoms with Crippen LogP contribution >= 0.6 is 0 Å². The number of rotatable bonds is 9. The molecule has 0 atom stereocenters. The molecular weight excluding hydrogens is 1000 g/mol. The average molecular weight is 1070 g/mol. The van der Waals surface area contributed by atoms with Gasteiger partial charge in [0.25, 0.3) is 6.71 Å². The SMILES string of the molecule is CC(C)(C)c1ccc(N2c3ccccc3B3c4ccccc4N(c4ccc(C(C)(C)C)cc4)c4cc(-c5cc(-c6cc(-c7ccccc7)cc(-c7ccccc7)c6)cc(-c6cc(-c7ccccc7)cc(-c7ccccc7)c6)n5)cc2c43)cc1. The number of fused-ring (bicyclic) bond motifs is 4. The first-order chi connectivity index (χ1) is 40.4. The second-order valence-corrected chi connectivity index (χ2v) is 24.4. The molecule has 11 aromatic carbocycles. The van der Waals surface area contributed by atoms with Crippen molar-refractivity contribution in [3.8, 4) is 78.1 Å². The second-order valence-electron chi connectivity index (χ2n) is 24.4. The van der Waals surface area contributed by atoms with Gasteiger partial charge in [0.2, 0.25) is 0 Å². The van der Waals surface area contributed by atoms with Crippen molar-refractivity contribution in [3.63, 3.8) is 0 Å². The lowest BCUT2D eigenvalue weighted by molar-refractivity contribution is 0.590. The van der Waals surface area contributed by atoms with Crippen molar-refractivity contribution < 1.29 is 0 Å². The van der Waals surface area contributed by atoms with Crippen molar-refractivity contribution in [1.82, 2.24) is 4.98 Å². The van der Waals surface area contributed by atoms with Crippen LogP contribution in [0, 0.1) is 0 Å². The van der Waals surface area contributed by atoms with E-state index in [4.69, 9.17) is 4.98 Å². The Morgan fingerprint density at radius 1 is 0.265 bits per heavy atom. The Hall–Kier alpha value is -9.77. The molecule has 0 saturated carbocycles. The van der Waals surface area contributed by atoms with Gasteiger partial charge in [-0.1, -0.05) is 224 Å². The number of aromatic nitrogens is 1. The molecule has 0 radical (unpaired) electrons. The molecule has 3 heterocycles. The van der Waals surface area contributed by atoms with Crippen LogP contribution in [0.3, 0.4) is 0 Å². The summed E-state index contributed by atoms with van der Waals surface area (Å²) in [5.41, 5.74) is 28.5. The number of hydrogen-bond acceptors (Lipinski definition) is 3. The lowest BCUT2D eigenvalue weighted by Crippen LogP contribution is -2.61. The Kier molecular flexibility index (Phi) is 12.8. The second kappa shape index (κ2) is 20.6. The number of para-hydroxylation sites is 2. The van der Waals surface area contributed by atoms with Gasteiger partial charge in [-0.25, -0.2) is 4.98 Å². The third-order valence-electron chi connectivity index (χ3n) is 16.9. The number of benzene rings is 11. The summed E-state index contributed by atoms with van der Waals surface area (Å²) in [4.78, 5) is 11.0. The molecule has 12 aromatic rings. The molecule has 14 rings (SSSR count). The van der Waals surface area contributed by atoms with Crippen LogP contribution in [-0.4, -0.2) is 11.7 Å². The monoisotopic (exact) mass is 1070 g/mol. The maximum atomic E-state index is 5.92. The zero-order valence-electron chi connectivity index (χ0n) is 48.0. The normalized spacial score (nSPS) is 12.6. The summed E-state index contributed by atoms with van der Waals surface area (Å²) in [6.07, 6.45) is 0. The highest BCUT2D eigenvalue weighted by molar-refractivity contribution is 7.00. The first-order valence-electron chi connectivity index (χ1n) is 29.1. The summed E-state index contributed by atoms with van der Waals surface area (Å²) >= 11 is 0. The van der Waals surface area contributed by atoms with Crippen LogP contribution in [0.1, 0.15) is 52.7 Å². The van der Waals surface area contributed by atoms with E-state index in [1.807, 2.05) is 0 Å². The van der Waals surface area contributed by atoms with Gasteiger partial charge in [-0.3, -0.25) is 0 Å². The van der Waals surface area contributed by atoms with Gasteiger partial charge in [-0.05, 0) is 191 Å². The van der Waals surface area contributed by atoms with Crippen LogP contribution in [-0.2, 0) is 10.8 Å². The minimum atomic E-state index is -0.0271. The molecule has 0 saturated heterocycles. The molecule has 83 heavy (non-hydrogen) atoms. The minimum Gasteiger partial charge on any atom is -0.311 e. The molecule has 0 fully saturated rings. The standard InChI is InChI=1S/C79H64BN3/c1-78(2,3)65-35-39-67(40-36-65)82-73-33-21-19-31-69(73)80-70-32-20-22-34-74(70)83(68-41-37-66(38-42-68)79(4,5)6)76-52-64(51-75(82)77(76)80)72-50-62(61-45-57(53-23-11-7-12-24-53)43-58(46-61)54-25-13-8-14-26-54)49-71(81-72)63-47-59(55-27-15-9-16-28-55)44-60(48-63)56-29-17-10-18-30-56/h7-52H,1-6H3. The quantitative estimate of drug-likeness (QED) is 0.134. The highest BCUT2D eigenvalue weighted by Crippen LogP contribution is 2.48. The molecule has 1 aromatic heterocycles. The predicted molar refractivity (Wildman–Crippen MR) is 354 cm³/mol. The summed E-state index contributed by atoms with van der Waals surface area (Å²) in [5, 5.41) is 0. The molecular formula is C79H64BN3. The molecule has 0 aliphatic carbocycles. The van der Waals surface area contributed by atoms with Crippen molar-refractivity contribution in [1.29, 1.82) is 0 Å². The fourth-order valence-corrected chi connectivity index (χ4v) is 12.6. The highest BCUT2D eigenvalue weighted by atomic mass is 15.2. The van der Waals surface area contributed by atoms with E-state index in [0.29, 0.717) is 0 Å². The van der Waals surface area contributed by atoms with Gasteiger partial charge in [-0.2, -0.15) is 0 Å². The molecule has 4 heteroatoms. The van der Waals surface area contributed by atoms with Gasteiger partial charge in [0, 0.05) is 45.3 Å². The molecule has 2 aliphatic heterocycles. The first-order valence-corrected chi connectivity index (χ1v) is 29.1. The van der Waals surface area contributed by atoms with E-state index >= 15 is 0 Å². The van der Waals surface area contributed by atoms with Crippen molar-refractivity contribution in [3.05, 3.63) is 290 Å². The van der Waals surface area contributed by atoms with E-state index in [1.165, 1.54) is 50.0 Å². The van der Waals surface area contributed by atoms with Crippen LogP contribution in [0.25, 0.3) is 78.1 Å². The minimum absolute atomic E-state index is 0.00535. The van der Waals surface area contributed by atoms with Gasteiger partial charge in [-0.15, -0.1) is 0 Å². The zero-order chi connectivity index (χ0) is 56.4. The number of pyridine rings is 1. The third-order valence-corrected chi connectivity index (χ3v) is 16.9. The van der Waals surface area contributed by atoms with Crippen molar-refractivity contribution in [2.45, 2.75) is 52.4 Å². The zero-order valence-corrected chi connectivity index (χ0v) is 48.0. The Bertz CT molecular complexity index is 3980. The van der Waals surface area contributed by atoms with Crippen LogP contribution in [0.5, 0.6) is 0 Å². The fourth-order valence-electron chi connectivity index (χ4n) is 12.6. The number of hydrogen-bond donors (Lipinski definition) is 0. The van der Waals surface area contributed by atoms with E-state index in [1.54, 1.807) is 0 Å². The molecule has 0 bridgehead atoms. The van der Waals surface area contributed by atoms with Crippen LogP contribution < -0.4 is 26.2 Å². The summed E-state index contributed by atoms with van der Waals surface area (Å²) in [6.45, 7) is 13.7. The topological polar surface area (TPSA) is 19.4 Å². The Morgan fingerprint density at radius 3 is 0.904 bits per heavy atom. The maximum Gasteiger partial charge on any atom is 0.252 e. The van der Waals surface area contributed by atoms with E-state index in [9.17, 15) is 0 Å². The summed E-state index contributed by atoms with van der Waals surface area (Å²) in [6, 6.07) is 103. The Balaban J connectivity index is 1.07. The largest absolute Gasteiger partial charge is 0.311 e. The highest BCUT2D eigenvalue weighted by Gasteiger charge is 2.43. The van der Waals surface area contributed by atoms with Crippen LogP contribution in [0.4, 0.5) is 34.1 Å².